The fraction of sp³-hybridized carbons (Fsp3) is 0.185. The number of imidazole rings is 3. The number of nitrogens with zero attached hydrogens (tertiary/aromatic N) is 7. The molecule has 1 aliphatic carbocycles. The summed E-state index contributed by atoms with van der Waals surface area (Å²) < 4.78 is 64.1. The van der Waals surface area contributed by atoms with Gasteiger partial charge in [0.05, 0.1) is 12.2 Å². The molecular formula is C65H59F3N10O6. The van der Waals surface area contributed by atoms with Gasteiger partial charge in [-0.15, -0.1) is 0 Å². The van der Waals surface area contributed by atoms with Crippen molar-refractivity contribution in [1.29, 1.82) is 0 Å². The van der Waals surface area contributed by atoms with Crippen LogP contribution in [0.5, 0.6) is 17.2 Å². The monoisotopic (exact) mass is 1130 g/mol. The lowest BCUT2D eigenvalue weighted by Gasteiger charge is -2.21. The molecule has 5 aromatic carbocycles. The van der Waals surface area contributed by atoms with Crippen LogP contribution in [0.4, 0.5) is 13.2 Å². The van der Waals surface area contributed by atoms with Crippen molar-refractivity contribution in [3.05, 3.63) is 264 Å². The van der Waals surface area contributed by atoms with Crippen LogP contribution in [0.15, 0.2) is 201 Å². The number of aromatic nitrogens is 7. The number of benzene rings is 5. The van der Waals surface area contributed by atoms with E-state index in [0.717, 1.165) is 11.1 Å². The van der Waals surface area contributed by atoms with E-state index in [1.165, 1.54) is 50.3 Å². The van der Waals surface area contributed by atoms with E-state index in [4.69, 9.17) is 14.2 Å². The van der Waals surface area contributed by atoms with E-state index in [1.807, 2.05) is 53.2 Å². The predicted octanol–water partition coefficient (Wildman–Crippen LogP) is 11.7. The van der Waals surface area contributed by atoms with Crippen LogP contribution < -0.4 is 30.2 Å². The third-order valence-electron chi connectivity index (χ3n) is 13.9. The number of halogens is 3. The first-order chi connectivity index (χ1) is 41.1. The van der Waals surface area contributed by atoms with Crippen LogP contribution in [-0.2, 0) is 32.8 Å². The van der Waals surface area contributed by atoms with Gasteiger partial charge in [-0.1, -0.05) is 79.9 Å². The van der Waals surface area contributed by atoms with Crippen molar-refractivity contribution in [3.63, 3.8) is 0 Å². The number of hydrogen-bond donors (Lipinski definition) is 3. The lowest BCUT2D eigenvalue weighted by Crippen LogP contribution is -2.24. The van der Waals surface area contributed by atoms with Crippen molar-refractivity contribution in [2.45, 2.75) is 65.0 Å². The van der Waals surface area contributed by atoms with Crippen LogP contribution in [0.3, 0.4) is 0 Å². The first-order valence-corrected chi connectivity index (χ1v) is 27.4. The summed E-state index contributed by atoms with van der Waals surface area (Å²) in [5.41, 5.74) is 6.21. The molecule has 1 saturated carbocycles. The number of carbonyl (C=O) groups is 3. The molecule has 19 heteroatoms. The third-order valence-corrected chi connectivity index (χ3v) is 13.9. The van der Waals surface area contributed by atoms with Gasteiger partial charge in [0.25, 0.3) is 17.7 Å². The number of ether oxygens (including phenoxy) is 3. The molecular weight excluding hydrogens is 1070 g/mol. The predicted molar refractivity (Wildman–Crippen MR) is 310 cm³/mol. The number of rotatable bonds is 18. The highest BCUT2D eigenvalue weighted by molar-refractivity contribution is 6.00. The Kier molecular flexibility index (Phi) is 18.9. The molecule has 1 fully saturated rings. The minimum absolute atomic E-state index is 0.102. The first-order valence-electron chi connectivity index (χ1n) is 27.4. The highest BCUT2D eigenvalue weighted by Crippen LogP contribution is 2.26. The Morgan fingerprint density at radius 2 is 1.04 bits per heavy atom. The maximum Gasteiger partial charge on any atom is 0.274 e. The number of hydrogen-bond acceptors (Lipinski definition) is 10. The average molecular weight is 1130 g/mol. The molecule has 0 atom stereocenters. The van der Waals surface area contributed by atoms with Gasteiger partial charge >= 0.3 is 0 Å². The minimum atomic E-state index is -0.353. The molecule has 11 aromatic rings. The molecule has 0 bridgehead atoms. The second-order valence-electron chi connectivity index (χ2n) is 19.8. The number of fused-ring (bicyclic) bond motifs is 3. The third kappa shape index (κ3) is 15.2. The Hall–Kier alpha value is -10.3. The minimum Gasteiger partial charge on any atom is -0.493 e. The van der Waals surface area contributed by atoms with E-state index in [1.54, 1.807) is 143 Å². The molecule has 426 valence electrons. The average Bonchev–Trinajstić information content (AvgIpc) is 4.54. The van der Waals surface area contributed by atoms with Gasteiger partial charge in [0.2, 0.25) is 0 Å². The van der Waals surface area contributed by atoms with Crippen LogP contribution in [0.25, 0.3) is 16.9 Å². The Labute approximate surface area is 482 Å². The molecule has 16 nitrogen and oxygen atoms in total. The highest BCUT2D eigenvalue weighted by atomic mass is 19.1. The number of amides is 3. The smallest absolute Gasteiger partial charge is 0.274 e. The van der Waals surface area contributed by atoms with Crippen molar-refractivity contribution in [3.8, 4) is 17.2 Å². The van der Waals surface area contributed by atoms with Gasteiger partial charge in [-0.05, 0) is 109 Å². The fourth-order valence-electron chi connectivity index (χ4n) is 9.40. The molecule has 3 N–H and O–H groups in total. The summed E-state index contributed by atoms with van der Waals surface area (Å²) in [6.45, 7) is 1.70. The summed E-state index contributed by atoms with van der Waals surface area (Å²) in [4.78, 5) is 54.1. The highest BCUT2D eigenvalue weighted by Gasteiger charge is 2.17. The van der Waals surface area contributed by atoms with E-state index in [-0.39, 0.29) is 60.6 Å². The molecule has 0 unspecified atom stereocenters. The largest absolute Gasteiger partial charge is 0.493 e. The summed E-state index contributed by atoms with van der Waals surface area (Å²) in [7, 11) is 0. The topological polar surface area (TPSA) is 180 Å². The maximum absolute atomic E-state index is 14.2. The second kappa shape index (κ2) is 27.9. The molecule has 6 heterocycles. The quantitative estimate of drug-likeness (QED) is 0.0748. The summed E-state index contributed by atoms with van der Waals surface area (Å²) >= 11 is 0. The van der Waals surface area contributed by atoms with E-state index < -0.39 is 0 Å². The van der Waals surface area contributed by atoms with Crippen LogP contribution in [-0.4, -0.2) is 57.5 Å². The molecule has 12 rings (SSSR count). The van der Waals surface area contributed by atoms with Gasteiger partial charge < -0.3 is 43.4 Å². The van der Waals surface area contributed by atoms with Gasteiger partial charge in [-0.2, -0.15) is 0 Å². The van der Waals surface area contributed by atoms with Crippen molar-refractivity contribution in [1.82, 2.24) is 49.1 Å². The van der Waals surface area contributed by atoms with E-state index in [9.17, 15) is 27.6 Å². The maximum atomic E-state index is 14.2. The van der Waals surface area contributed by atoms with E-state index >= 15 is 0 Å². The second-order valence-corrected chi connectivity index (χ2v) is 19.8. The number of carbonyl (C=O) groups excluding carboxylic acids is 3. The number of pyridine rings is 2. The van der Waals surface area contributed by atoms with Gasteiger partial charge in [0, 0.05) is 104 Å². The van der Waals surface area contributed by atoms with E-state index in [2.05, 4.69) is 35.9 Å². The van der Waals surface area contributed by atoms with Gasteiger partial charge in [-0.3, -0.25) is 14.4 Å². The molecule has 84 heavy (non-hydrogen) atoms. The summed E-state index contributed by atoms with van der Waals surface area (Å²) in [5.74, 6) is 0.727. The lowest BCUT2D eigenvalue weighted by molar-refractivity contribution is 0.0940. The Morgan fingerprint density at radius 1 is 0.464 bits per heavy atom. The normalized spacial score (nSPS) is 12.1. The van der Waals surface area contributed by atoms with Crippen LogP contribution >= 0.6 is 0 Å². The van der Waals surface area contributed by atoms with Gasteiger partial charge in [-0.25, -0.2) is 33.1 Å². The Balaban J connectivity index is 0.000000140. The van der Waals surface area contributed by atoms with Gasteiger partial charge in [0.15, 0.2) is 11.3 Å². The molecule has 0 radical (unpaired) electrons. The first kappa shape index (κ1) is 57.0. The lowest BCUT2D eigenvalue weighted by atomic mass is 9.90. The summed E-state index contributed by atoms with van der Waals surface area (Å²) in [5, 5.41) is 8.51. The fourth-order valence-corrected chi connectivity index (χ4v) is 9.40. The Bertz CT molecular complexity index is 3850. The van der Waals surface area contributed by atoms with Crippen LogP contribution in [0, 0.1) is 23.4 Å². The van der Waals surface area contributed by atoms with Crippen molar-refractivity contribution in [2.75, 3.05) is 6.61 Å². The van der Waals surface area contributed by atoms with Crippen molar-refractivity contribution < 1.29 is 41.8 Å². The van der Waals surface area contributed by atoms with Crippen LogP contribution in [0.2, 0.25) is 0 Å². The summed E-state index contributed by atoms with van der Waals surface area (Å²) in [6, 6.07) is 39.4. The molecule has 1 aliphatic rings. The van der Waals surface area contributed by atoms with Crippen LogP contribution in [0.1, 0.15) is 91.1 Å². The molecule has 0 aliphatic heterocycles. The van der Waals surface area contributed by atoms with E-state index in [0.29, 0.717) is 87.6 Å². The van der Waals surface area contributed by atoms with Crippen molar-refractivity contribution in [2.24, 2.45) is 5.92 Å². The van der Waals surface area contributed by atoms with Crippen molar-refractivity contribution >= 4 is 34.7 Å². The SMILES string of the molecule is O=C(NCc1cc(OCC2CCCCC2)ccc1F)c1ccn2ccnc2c1.O=C(NCc1cccc(OCc2ccccc2F)c1)c1cccn2ccnc12.O=C(NCc1cccc(OCc2ccccc2F)c1)c1nccn2ccnc12. The molecule has 0 saturated heterocycles. The van der Waals surface area contributed by atoms with Gasteiger partial charge in [0.1, 0.15) is 59.2 Å². The zero-order valence-electron chi connectivity index (χ0n) is 45.6. The molecule has 3 amide bonds. The number of nitrogens with one attached hydrogen (secondary N) is 3. The zero-order chi connectivity index (χ0) is 58.0. The molecule has 0 spiro atoms. The standard InChI is InChI=1S/C22H18FN3O2.C22H24FN3O2.C21H17FN4O2/c23-20-9-2-1-6-17(20)15-28-18-7-3-5-16(13-18)14-25-22(27)19-8-4-11-26-12-10-24-21(19)26;23-20-7-6-19(28-15-16-4-2-1-3-5-16)12-18(20)14-25-22(27)17-8-10-26-11-9-24-21(26)13-17;22-18-7-2-1-5-16(18)14-28-17-6-3-4-15(12-17)13-25-21(27)19-20-24-9-11-26(20)10-8-23-19/h1-13H,14-15H2,(H,25,27);6-13,16H,1-5,14-15H2,(H,25,27);1-12H,13-14H2,(H,25,27). The molecule has 6 aromatic heterocycles. The summed E-state index contributed by atoms with van der Waals surface area (Å²) in [6.07, 6.45) is 23.4. The Morgan fingerprint density at radius 3 is 1.71 bits per heavy atom. The zero-order valence-corrected chi connectivity index (χ0v) is 45.6.